The van der Waals surface area contributed by atoms with Gasteiger partial charge in [0.05, 0.1) is 0 Å². The second kappa shape index (κ2) is 3.17. The van der Waals surface area contributed by atoms with Gasteiger partial charge in [-0.05, 0) is 44.4 Å². The molecule has 3 fully saturated rings. The fraction of sp³-hybridized carbons (Fsp3) is 0.727. The summed E-state index contributed by atoms with van der Waals surface area (Å²) in [7, 11) is 0. The van der Waals surface area contributed by atoms with Crippen LogP contribution >= 0.6 is 0 Å². The van der Waals surface area contributed by atoms with Gasteiger partial charge in [0.15, 0.2) is 0 Å². The summed E-state index contributed by atoms with van der Waals surface area (Å²) in [5.74, 6) is 1.45. The van der Waals surface area contributed by atoms with Crippen LogP contribution in [0.4, 0.5) is 0 Å². The van der Waals surface area contributed by atoms with Gasteiger partial charge in [-0.1, -0.05) is 6.58 Å². The Morgan fingerprint density at radius 3 is 2.23 bits per heavy atom. The average molecular weight is 180 g/mol. The van der Waals surface area contributed by atoms with E-state index in [2.05, 4.69) is 6.58 Å². The molecule has 3 aliphatic carbocycles. The van der Waals surface area contributed by atoms with Crippen molar-refractivity contribution in [2.24, 2.45) is 11.8 Å². The topological polar surface area (TPSA) is 26.3 Å². The highest BCUT2D eigenvalue weighted by Crippen LogP contribution is 2.46. The van der Waals surface area contributed by atoms with E-state index in [4.69, 9.17) is 4.74 Å². The largest absolute Gasteiger partial charge is 0.459 e. The zero-order chi connectivity index (χ0) is 9.42. The van der Waals surface area contributed by atoms with Gasteiger partial charge in [0.1, 0.15) is 6.10 Å². The Labute approximate surface area is 79.0 Å². The third kappa shape index (κ3) is 1.77. The molecule has 2 heteroatoms. The molecule has 0 radical (unpaired) electrons. The van der Waals surface area contributed by atoms with Crippen LogP contribution in [0.1, 0.15) is 32.6 Å². The number of hydrogen-bond donors (Lipinski definition) is 0. The van der Waals surface area contributed by atoms with E-state index in [0.29, 0.717) is 5.57 Å². The van der Waals surface area contributed by atoms with Gasteiger partial charge in [-0.3, -0.25) is 0 Å². The molecular formula is C11H16O2. The Morgan fingerprint density at radius 2 is 1.77 bits per heavy atom. The molecule has 0 aromatic heterocycles. The average Bonchev–Trinajstić information content (AvgIpc) is 2.02. The zero-order valence-corrected chi connectivity index (χ0v) is 8.08. The highest BCUT2D eigenvalue weighted by molar-refractivity contribution is 5.87. The zero-order valence-electron chi connectivity index (χ0n) is 8.08. The number of fused-ring (bicyclic) bond motifs is 2. The first-order valence-corrected chi connectivity index (χ1v) is 5.01. The fourth-order valence-corrected chi connectivity index (χ4v) is 2.45. The summed E-state index contributed by atoms with van der Waals surface area (Å²) in [4.78, 5) is 11.2. The van der Waals surface area contributed by atoms with Crippen LogP contribution in [-0.4, -0.2) is 12.1 Å². The third-order valence-corrected chi connectivity index (χ3v) is 3.15. The number of esters is 1. The van der Waals surface area contributed by atoms with Crippen molar-refractivity contribution in [2.75, 3.05) is 0 Å². The van der Waals surface area contributed by atoms with Crippen LogP contribution in [0.25, 0.3) is 0 Å². The van der Waals surface area contributed by atoms with E-state index >= 15 is 0 Å². The molecular weight excluding hydrogens is 164 g/mol. The molecule has 0 saturated heterocycles. The Hall–Kier alpha value is -0.790. The van der Waals surface area contributed by atoms with E-state index in [1.54, 1.807) is 6.92 Å². The van der Waals surface area contributed by atoms with Gasteiger partial charge < -0.3 is 4.74 Å². The van der Waals surface area contributed by atoms with Crippen molar-refractivity contribution in [3.8, 4) is 0 Å². The van der Waals surface area contributed by atoms with Gasteiger partial charge in [-0.15, -0.1) is 0 Å². The summed E-state index contributed by atoms with van der Waals surface area (Å²) in [6.07, 6.45) is 5.06. The molecule has 0 amide bonds. The van der Waals surface area contributed by atoms with Crippen LogP contribution < -0.4 is 0 Å². The minimum absolute atomic E-state index is 0.182. The van der Waals surface area contributed by atoms with E-state index in [1.165, 1.54) is 12.8 Å². The first-order chi connectivity index (χ1) is 6.15. The van der Waals surface area contributed by atoms with Crippen molar-refractivity contribution in [3.63, 3.8) is 0 Å². The summed E-state index contributed by atoms with van der Waals surface area (Å²) < 4.78 is 5.32. The Bertz CT molecular complexity index is 228. The van der Waals surface area contributed by atoms with Gasteiger partial charge in [-0.2, -0.15) is 0 Å². The highest BCUT2D eigenvalue weighted by Gasteiger charge is 2.39. The maximum Gasteiger partial charge on any atom is 0.333 e. The molecule has 0 aromatic rings. The summed E-state index contributed by atoms with van der Waals surface area (Å²) in [6, 6.07) is 0. The van der Waals surface area contributed by atoms with Crippen LogP contribution in [0, 0.1) is 11.8 Å². The van der Waals surface area contributed by atoms with Gasteiger partial charge in [0.25, 0.3) is 0 Å². The molecule has 0 unspecified atom stereocenters. The maximum absolute atomic E-state index is 11.2. The van der Waals surface area contributed by atoms with Crippen LogP contribution in [0.15, 0.2) is 12.2 Å². The predicted octanol–water partition coefficient (Wildman–Crippen LogP) is 2.29. The normalized spacial score (nSPS) is 36.2. The summed E-state index contributed by atoms with van der Waals surface area (Å²) in [5, 5.41) is 0. The van der Waals surface area contributed by atoms with Crippen molar-refractivity contribution >= 4 is 5.97 Å². The van der Waals surface area contributed by atoms with Crippen LogP contribution in [0.5, 0.6) is 0 Å². The van der Waals surface area contributed by atoms with Crippen molar-refractivity contribution in [1.82, 2.24) is 0 Å². The molecule has 0 aliphatic heterocycles. The van der Waals surface area contributed by atoms with Gasteiger partial charge >= 0.3 is 5.97 Å². The van der Waals surface area contributed by atoms with E-state index in [9.17, 15) is 4.79 Å². The molecule has 3 rings (SSSR count). The molecule has 0 heterocycles. The minimum atomic E-state index is -0.216. The van der Waals surface area contributed by atoms with E-state index < -0.39 is 0 Å². The number of rotatable bonds is 2. The summed E-state index contributed by atoms with van der Waals surface area (Å²) in [5.41, 5.74) is 0.513. The molecule has 0 aromatic carbocycles. The number of carbonyl (C=O) groups is 1. The van der Waals surface area contributed by atoms with E-state index in [-0.39, 0.29) is 12.1 Å². The molecule has 0 spiro atoms. The third-order valence-electron chi connectivity index (χ3n) is 3.15. The summed E-state index contributed by atoms with van der Waals surface area (Å²) in [6.45, 7) is 5.28. The van der Waals surface area contributed by atoms with E-state index in [1.807, 2.05) is 0 Å². The maximum atomic E-state index is 11.2. The Kier molecular flexibility index (Phi) is 2.14. The summed E-state index contributed by atoms with van der Waals surface area (Å²) >= 11 is 0. The lowest BCUT2D eigenvalue weighted by atomic mass is 9.64. The first-order valence-electron chi connectivity index (χ1n) is 5.01. The Balaban J connectivity index is 1.82. The smallest absolute Gasteiger partial charge is 0.333 e. The molecule has 2 bridgehead atoms. The second-order valence-corrected chi connectivity index (χ2v) is 4.48. The molecule has 2 nitrogen and oxygen atoms in total. The van der Waals surface area contributed by atoms with Crippen LogP contribution in [-0.2, 0) is 9.53 Å². The van der Waals surface area contributed by atoms with Crippen LogP contribution in [0.3, 0.4) is 0 Å². The van der Waals surface area contributed by atoms with E-state index in [0.717, 1.165) is 24.7 Å². The van der Waals surface area contributed by atoms with Crippen molar-refractivity contribution in [2.45, 2.75) is 38.7 Å². The standard InChI is InChI=1S/C11H16O2/c1-7(2)11(12)13-10-5-8-3-9(4-8)6-10/h8-10H,1,3-6H2,2H3. The van der Waals surface area contributed by atoms with Gasteiger partial charge in [-0.25, -0.2) is 4.79 Å². The highest BCUT2D eigenvalue weighted by atomic mass is 16.5. The number of ether oxygens (including phenoxy) is 1. The van der Waals surface area contributed by atoms with Crippen molar-refractivity contribution in [1.29, 1.82) is 0 Å². The lowest BCUT2D eigenvalue weighted by Gasteiger charge is -2.44. The molecule has 0 N–H and O–H groups in total. The predicted molar refractivity (Wildman–Crippen MR) is 50.1 cm³/mol. The monoisotopic (exact) mass is 180 g/mol. The van der Waals surface area contributed by atoms with Gasteiger partial charge in [0, 0.05) is 5.57 Å². The Morgan fingerprint density at radius 1 is 1.23 bits per heavy atom. The minimum Gasteiger partial charge on any atom is -0.459 e. The molecule has 3 aliphatic rings. The quantitative estimate of drug-likeness (QED) is 0.481. The lowest BCUT2D eigenvalue weighted by molar-refractivity contribution is -0.150. The second-order valence-electron chi connectivity index (χ2n) is 4.48. The number of carbonyl (C=O) groups excluding carboxylic acids is 1. The lowest BCUT2D eigenvalue weighted by Crippen LogP contribution is -2.38. The van der Waals surface area contributed by atoms with Crippen molar-refractivity contribution in [3.05, 3.63) is 12.2 Å². The SMILES string of the molecule is C=C(C)C(=O)OC1CC2CC(C2)C1. The van der Waals surface area contributed by atoms with Gasteiger partial charge in [0.2, 0.25) is 0 Å². The molecule has 0 atom stereocenters. The molecule has 72 valence electrons. The van der Waals surface area contributed by atoms with Crippen LogP contribution in [0.2, 0.25) is 0 Å². The fourth-order valence-electron chi connectivity index (χ4n) is 2.45. The number of hydrogen-bond acceptors (Lipinski definition) is 2. The van der Waals surface area contributed by atoms with Crippen molar-refractivity contribution < 1.29 is 9.53 Å². The molecule has 13 heavy (non-hydrogen) atoms. The first kappa shape index (κ1) is 8.79. The molecule has 3 saturated carbocycles.